The third kappa shape index (κ3) is 5.43. The van der Waals surface area contributed by atoms with Crippen LogP contribution in [0, 0.1) is 0 Å². The Labute approximate surface area is 188 Å². The summed E-state index contributed by atoms with van der Waals surface area (Å²) in [4.78, 5) is 0. The molecule has 12 heteroatoms. The van der Waals surface area contributed by atoms with Gasteiger partial charge < -0.3 is 62.5 Å². The summed E-state index contributed by atoms with van der Waals surface area (Å²) in [6.45, 7) is 3.34. The second kappa shape index (κ2) is 10.4. The molecule has 0 aromatic heterocycles. The Kier molecular flexibility index (Phi) is 8.51. The molecule has 3 fully saturated rings. The van der Waals surface area contributed by atoms with Crippen molar-refractivity contribution < 1.29 is 34.3 Å². The van der Waals surface area contributed by atoms with Crippen LogP contribution in [0.3, 0.4) is 0 Å². The molecule has 2 aliphatic heterocycles. The van der Waals surface area contributed by atoms with Gasteiger partial charge in [0, 0.05) is 18.1 Å². The van der Waals surface area contributed by atoms with Crippen molar-refractivity contribution in [2.45, 2.75) is 112 Å². The van der Waals surface area contributed by atoms with E-state index < -0.39 is 60.7 Å². The average Bonchev–Trinajstić information content (AvgIpc) is 2.71. The van der Waals surface area contributed by atoms with Gasteiger partial charge in [-0.2, -0.15) is 0 Å². The maximum absolute atomic E-state index is 11.1. The third-order valence-electron chi connectivity index (χ3n) is 6.81. The van der Waals surface area contributed by atoms with Crippen LogP contribution in [0.25, 0.3) is 0 Å². The molecule has 188 valence electrons. The quantitative estimate of drug-likeness (QED) is 0.192. The van der Waals surface area contributed by atoms with Crippen LogP contribution < -0.4 is 28.3 Å². The maximum atomic E-state index is 11.1. The molecule has 3 aliphatic rings. The molecule has 0 aromatic carbocycles. The molecule has 1 saturated carbocycles. The number of hydrogen-bond acceptors (Lipinski definition) is 12. The summed E-state index contributed by atoms with van der Waals surface area (Å²) < 4.78 is 23.4. The lowest BCUT2D eigenvalue weighted by atomic mass is 9.84. The van der Waals surface area contributed by atoms with Crippen molar-refractivity contribution in [2.24, 2.45) is 22.9 Å². The van der Waals surface area contributed by atoms with Crippen molar-refractivity contribution in [3.05, 3.63) is 0 Å². The lowest BCUT2D eigenvalue weighted by Crippen LogP contribution is -2.68. The van der Waals surface area contributed by atoms with E-state index in [1.807, 2.05) is 6.92 Å². The van der Waals surface area contributed by atoms with E-state index in [1.165, 1.54) is 0 Å². The maximum Gasteiger partial charge on any atom is 0.185 e. The first kappa shape index (κ1) is 26.1. The van der Waals surface area contributed by atoms with Crippen LogP contribution in [0.4, 0.5) is 0 Å². The molecule has 1 aliphatic carbocycles. The molecule has 13 atom stereocenters. The van der Waals surface area contributed by atoms with Crippen molar-refractivity contribution in [1.82, 2.24) is 5.32 Å². The Bertz CT molecular complexity index is 615. The van der Waals surface area contributed by atoms with Gasteiger partial charge >= 0.3 is 0 Å². The number of likely N-dealkylation sites (N-methyl/N-ethyl adjacent to an activating group) is 1. The first-order valence-electron chi connectivity index (χ1n) is 11.3. The minimum absolute atomic E-state index is 0.0683. The summed E-state index contributed by atoms with van der Waals surface area (Å²) >= 11 is 0. The minimum atomic E-state index is -1.29. The van der Waals surface area contributed by atoms with Crippen LogP contribution in [-0.4, -0.2) is 108 Å². The molecule has 32 heavy (non-hydrogen) atoms. The molecule has 12 nitrogen and oxygen atoms in total. The summed E-state index contributed by atoms with van der Waals surface area (Å²) in [5, 5.41) is 35.0. The predicted molar refractivity (Wildman–Crippen MR) is 115 cm³/mol. The van der Waals surface area contributed by atoms with Crippen LogP contribution in [0.15, 0.2) is 0 Å². The van der Waals surface area contributed by atoms with Gasteiger partial charge in [0.2, 0.25) is 0 Å². The number of nitrogens with two attached hydrogens (primary N) is 4. The van der Waals surface area contributed by atoms with Crippen molar-refractivity contribution in [3.63, 3.8) is 0 Å². The molecule has 0 aromatic rings. The van der Waals surface area contributed by atoms with Gasteiger partial charge in [0.25, 0.3) is 0 Å². The van der Waals surface area contributed by atoms with E-state index in [1.54, 1.807) is 14.0 Å². The molecule has 2 saturated heterocycles. The van der Waals surface area contributed by atoms with E-state index in [0.717, 1.165) is 6.42 Å². The molecule has 1 unspecified atom stereocenters. The van der Waals surface area contributed by atoms with Gasteiger partial charge in [-0.15, -0.1) is 0 Å². The van der Waals surface area contributed by atoms with Gasteiger partial charge in [-0.3, -0.25) is 0 Å². The Hall–Kier alpha value is -0.480. The molecule has 0 spiro atoms. The van der Waals surface area contributed by atoms with Crippen molar-refractivity contribution >= 4 is 0 Å². The number of aliphatic hydroxyl groups is 3. The molecule has 2 heterocycles. The number of nitrogens with one attached hydrogen (secondary N) is 1. The van der Waals surface area contributed by atoms with E-state index in [2.05, 4.69) is 5.32 Å². The number of hydrogen-bond donors (Lipinski definition) is 8. The highest BCUT2D eigenvalue weighted by Crippen LogP contribution is 2.31. The Balaban J connectivity index is 1.69. The zero-order chi connectivity index (χ0) is 23.8. The van der Waals surface area contributed by atoms with E-state index in [-0.39, 0.29) is 24.8 Å². The number of aliphatic hydroxyl groups excluding tert-OH is 2. The van der Waals surface area contributed by atoms with Gasteiger partial charge in [0.15, 0.2) is 12.6 Å². The zero-order valence-corrected chi connectivity index (χ0v) is 19.0. The van der Waals surface area contributed by atoms with Crippen LogP contribution in [0.2, 0.25) is 0 Å². The Morgan fingerprint density at radius 3 is 2.16 bits per heavy atom. The molecule has 0 radical (unpaired) electrons. The van der Waals surface area contributed by atoms with Crippen LogP contribution >= 0.6 is 0 Å². The summed E-state index contributed by atoms with van der Waals surface area (Å²) in [5.41, 5.74) is 23.3. The highest BCUT2D eigenvalue weighted by molar-refractivity contribution is 5.02. The number of ether oxygens (including phenoxy) is 4. The molecule has 0 bridgehead atoms. The monoisotopic (exact) mass is 463 g/mol. The molecular weight excluding hydrogens is 422 g/mol. The van der Waals surface area contributed by atoms with E-state index in [4.69, 9.17) is 41.9 Å². The summed E-state index contributed by atoms with van der Waals surface area (Å²) in [6.07, 6.45) is -4.58. The summed E-state index contributed by atoms with van der Waals surface area (Å²) in [7, 11) is 1.62. The van der Waals surface area contributed by atoms with Crippen LogP contribution in [0.1, 0.15) is 33.1 Å². The average molecular weight is 464 g/mol. The summed E-state index contributed by atoms with van der Waals surface area (Å²) in [5.74, 6) is 0. The smallest absolute Gasteiger partial charge is 0.185 e. The minimum Gasteiger partial charge on any atom is -0.388 e. The van der Waals surface area contributed by atoms with Crippen molar-refractivity contribution in [3.8, 4) is 0 Å². The molecule has 3 rings (SSSR count). The fourth-order valence-corrected chi connectivity index (χ4v) is 4.87. The highest BCUT2D eigenvalue weighted by atomic mass is 16.7. The Morgan fingerprint density at radius 2 is 1.59 bits per heavy atom. The lowest BCUT2D eigenvalue weighted by molar-refractivity contribution is -0.307. The Morgan fingerprint density at radius 1 is 1.00 bits per heavy atom. The van der Waals surface area contributed by atoms with E-state index in [0.29, 0.717) is 12.8 Å². The van der Waals surface area contributed by atoms with E-state index >= 15 is 0 Å². The normalized spacial score (nSPS) is 51.4. The second-order valence-corrected chi connectivity index (χ2v) is 9.69. The lowest BCUT2D eigenvalue weighted by Gasteiger charge is -2.48. The van der Waals surface area contributed by atoms with Gasteiger partial charge in [-0.1, -0.05) is 0 Å². The molecular formula is C20H41N5O7. The fraction of sp³-hybridized carbons (Fsp3) is 1.00. The van der Waals surface area contributed by atoms with Gasteiger partial charge in [0.1, 0.15) is 30.0 Å². The van der Waals surface area contributed by atoms with Gasteiger partial charge in [0.05, 0.1) is 24.8 Å². The van der Waals surface area contributed by atoms with Crippen molar-refractivity contribution in [1.29, 1.82) is 0 Å². The number of rotatable bonds is 6. The van der Waals surface area contributed by atoms with E-state index in [9.17, 15) is 15.3 Å². The third-order valence-corrected chi connectivity index (χ3v) is 6.81. The zero-order valence-electron chi connectivity index (χ0n) is 19.0. The molecule has 0 amide bonds. The first-order chi connectivity index (χ1) is 15.0. The van der Waals surface area contributed by atoms with Crippen LogP contribution in [-0.2, 0) is 18.9 Å². The second-order valence-electron chi connectivity index (χ2n) is 9.69. The molecule has 12 N–H and O–H groups in total. The SMILES string of the molecule is CN[C@@H]1[C@@H](O)[C@@H](O[C@@H]2[C@H](O)[C@H](OC3O[C@H]([C@@H](C)N)CC[C@H]3N)[C@@H](N)C[C@H]2N)OC[C@]1(C)O. The topological polar surface area (TPSA) is 214 Å². The largest absolute Gasteiger partial charge is 0.388 e. The fourth-order valence-electron chi connectivity index (χ4n) is 4.87. The highest BCUT2D eigenvalue weighted by Gasteiger charge is 2.50. The standard InChI is InChI=1S/C20H41N5O7/c1-8(21)12-5-4-9(22)18(30-12)31-15-10(23)6-11(24)16(13(15)26)32-19-14(27)17(25-3)20(2,28)7-29-19/h8-19,25-28H,4-7,21-24H2,1-3H3/t8-,9-,10+,11-,12+,13-,14-,15-,16+,17-,18?,19-,20+/m1/s1. The van der Waals surface area contributed by atoms with Gasteiger partial charge in [-0.25, -0.2) is 0 Å². The predicted octanol–water partition coefficient (Wildman–Crippen LogP) is -3.59. The van der Waals surface area contributed by atoms with Crippen molar-refractivity contribution in [2.75, 3.05) is 13.7 Å². The summed E-state index contributed by atoms with van der Waals surface area (Å²) in [6, 6.07) is -2.47. The first-order valence-corrected chi connectivity index (χ1v) is 11.3. The van der Waals surface area contributed by atoms with Crippen LogP contribution in [0.5, 0.6) is 0 Å². The van der Waals surface area contributed by atoms with Gasteiger partial charge in [-0.05, 0) is 40.2 Å².